The predicted molar refractivity (Wildman–Crippen MR) is 98.3 cm³/mol. The zero-order valence-corrected chi connectivity index (χ0v) is 14.8. The summed E-state index contributed by atoms with van der Waals surface area (Å²) in [6.07, 6.45) is 0.737. The highest BCUT2D eigenvalue weighted by atomic mass is 16.3. The van der Waals surface area contributed by atoms with Crippen LogP contribution in [0.1, 0.15) is 41.5 Å². The van der Waals surface area contributed by atoms with E-state index in [1.54, 1.807) is 13.1 Å². The first-order valence-electron chi connectivity index (χ1n) is 8.52. The highest BCUT2D eigenvalue weighted by Gasteiger charge is 2.20. The van der Waals surface area contributed by atoms with Crippen molar-refractivity contribution in [2.24, 2.45) is 0 Å². The smallest absolute Gasteiger partial charge is 0.244 e. The molecule has 0 spiro atoms. The van der Waals surface area contributed by atoms with Crippen LogP contribution in [0.3, 0.4) is 0 Å². The molecule has 0 aliphatic rings. The number of hydrogen-bond donors (Lipinski definition) is 2. The number of carbonyl (C=O) groups is 1. The van der Waals surface area contributed by atoms with Crippen LogP contribution in [0.5, 0.6) is 0 Å². The Kier molecular flexibility index (Phi) is 5.43. The SMILES string of the molecule is Cc1ccc(C(O)c2cn(C(C)C(=O)NCc3ccccc3)nn2)cc1. The Balaban J connectivity index is 1.64. The maximum absolute atomic E-state index is 12.3. The van der Waals surface area contributed by atoms with Crippen LogP contribution in [0.15, 0.2) is 60.8 Å². The van der Waals surface area contributed by atoms with E-state index in [-0.39, 0.29) is 5.91 Å². The van der Waals surface area contributed by atoms with Crippen molar-refractivity contribution in [3.63, 3.8) is 0 Å². The van der Waals surface area contributed by atoms with Crippen LogP contribution in [0.4, 0.5) is 0 Å². The van der Waals surface area contributed by atoms with Crippen LogP contribution in [-0.4, -0.2) is 26.0 Å². The molecule has 134 valence electrons. The number of nitrogens with zero attached hydrogens (tertiary/aromatic N) is 3. The van der Waals surface area contributed by atoms with E-state index in [4.69, 9.17) is 0 Å². The molecule has 1 aromatic heterocycles. The number of aryl methyl sites for hydroxylation is 1. The van der Waals surface area contributed by atoms with Crippen molar-refractivity contribution >= 4 is 5.91 Å². The molecule has 0 radical (unpaired) electrons. The summed E-state index contributed by atoms with van der Waals surface area (Å²) in [5.41, 5.74) is 3.30. The number of nitrogens with one attached hydrogen (secondary N) is 1. The van der Waals surface area contributed by atoms with E-state index in [1.165, 1.54) is 4.68 Å². The van der Waals surface area contributed by atoms with Crippen molar-refractivity contribution in [2.45, 2.75) is 32.5 Å². The maximum atomic E-state index is 12.3. The van der Waals surface area contributed by atoms with Gasteiger partial charge in [-0.1, -0.05) is 65.4 Å². The number of benzene rings is 2. The fourth-order valence-electron chi connectivity index (χ4n) is 2.58. The monoisotopic (exact) mass is 350 g/mol. The number of carbonyl (C=O) groups excluding carboxylic acids is 1. The minimum Gasteiger partial charge on any atom is -0.382 e. The lowest BCUT2D eigenvalue weighted by Crippen LogP contribution is -2.30. The molecule has 3 rings (SSSR count). The molecule has 1 heterocycles. The molecule has 3 aromatic rings. The second kappa shape index (κ2) is 7.93. The molecule has 0 saturated carbocycles. The second-order valence-corrected chi connectivity index (χ2v) is 6.32. The summed E-state index contributed by atoms with van der Waals surface area (Å²) >= 11 is 0. The molecule has 0 bridgehead atoms. The number of aliphatic hydroxyl groups excluding tert-OH is 1. The molecule has 2 unspecified atom stereocenters. The largest absolute Gasteiger partial charge is 0.382 e. The van der Waals surface area contributed by atoms with E-state index >= 15 is 0 Å². The lowest BCUT2D eigenvalue weighted by Gasteiger charge is -2.12. The Morgan fingerprint density at radius 3 is 2.54 bits per heavy atom. The maximum Gasteiger partial charge on any atom is 0.244 e. The van der Waals surface area contributed by atoms with Crippen molar-refractivity contribution in [1.82, 2.24) is 20.3 Å². The van der Waals surface area contributed by atoms with Gasteiger partial charge in [-0.25, -0.2) is 4.68 Å². The van der Waals surface area contributed by atoms with Gasteiger partial charge in [0.25, 0.3) is 0 Å². The van der Waals surface area contributed by atoms with Crippen LogP contribution in [0.25, 0.3) is 0 Å². The fourth-order valence-corrected chi connectivity index (χ4v) is 2.58. The molecule has 1 amide bonds. The highest BCUT2D eigenvalue weighted by molar-refractivity contribution is 5.79. The predicted octanol–water partition coefficient (Wildman–Crippen LogP) is 2.55. The van der Waals surface area contributed by atoms with E-state index in [2.05, 4.69) is 15.6 Å². The van der Waals surface area contributed by atoms with Crippen LogP contribution < -0.4 is 5.32 Å². The Morgan fingerprint density at radius 1 is 1.15 bits per heavy atom. The van der Waals surface area contributed by atoms with Crippen molar-refractivity contribution in [3.05, 3.63) is 83.2 Å². The first-order chi connectivity index (χ1) is 12.5. The summed E-state index contributed by atoms with van der Waals surface area (Å²) < 4.78 is 1.47. The van der Waals surface area contributed by atoms with Gasteiger partial charge < -0.3 is 10.4 Å². The van der Waals surface area contributed by atoms with E-state index in [1.807, 2.05) is 61.5 Å². The number of hydrogen-bond acceptors (Lipinski definition) is 4. The summed E-state index contributed by atoms with van der Waals surface area (Å²) in [6, 6.07) is 16.8. The van der Waals surface area contributed by atoms with Gasteiger partial charge in [-0.15, -0.1) is 5.10 Å². The number of aliphatic hydroxyl groups is 1. The van der Waals surface area contributed by atoms with Crippen molar-refractivity contribution in [3.8, 4) is 0 Å². The molecule has 6 heteroatoms. The number of rotatable bonds is 6. The van der Waals surface area contributed by atoms with Gasteiger partial charge in [-0.05, 0) is 25.0 Å². The van der Waals surface area contributed by atoms with Gasteiger partial charge in [0, 0.05) is 6.54 Å². The summed E-state index contributed by atoms with van der Waals surface area (Å²) in [6.45, 7) is 4.19. The summed E-state index contributed by atoms with van der Waals surface area (Å²) in [7, 11) is 0. The number of aromatic nitrogens is 3. The summed E-state index contributed by atoms with van der Waals surface area (Å²) in [5, 5.41) is 21.4. The van der Waals surface area contributed by atoms with Crippen LogP contribution in [-0.2, 0) is 11.3 Å². The van der Waals surface area contributed by atoms with Gasteiger partial charge in [-0.2, -0.15) is 0 Å². The Labute approximate surface area is 152 Å². The molecule has 2 N–H and O–H groups in total. The summed E-state index contributed by atoms with van der Waals surface area (Å²) in [5.74, 6) is -0.157. The lowest BCUT2D eigenvalue weighted by molar-refractivity contribution is -0.124. The van der Waals surface area contributed by atoms with Gasteiger partial charge in [0.15, 0.2) is 0 Å². The van der Waals surface area contributed by atoms with Gasteiger partial charge in [0.05, 0.1) is 6.20 Å². The third kappa shape index (κ3) is 4.15. The first kappa shape index (κ1) is 17.8. The highest BCUT2D eigenvalue weighted by Crippen LogP contribution is 2.21. The number of amides is 1. The molecular formula is C20H22N4O2. The standard InChI is InChI=1S/C20H22N4O2/c1-14-8-10-17(11-9-14)19(25)18-13-24(23-22-18)15(2)20(26)21-12-16-6-4-3-5-7-16/h3-11,13,15,19,25H,12H2,1-2H3,(H,21,26). The zero-order chi connectivity index (χ0) is 18.5. The topological polar surface area (TPSA) is 80.0 Å². The minimum absolute atomic E-state index is 0.157. The van der Waals surface area contributed by atoms with Crippen LogP contribution in [0.2, 0.25) is 0 Å². The third-order valence-electron chi connectivity index (χ3n) is 4.29. The van der Waals surface area contributed by atoms with Gasteiger partial charge >= 0.3 is 0 Å². The second-order valence-electron chi connectivity index (χ2n) is 6.32. The molecule has 2 atom stereocenters. The molecule has 0 fully saturated rings. The minimum atomic E-state index is -0.871. The molecule has 0 aliphatic heterocycles. The van der Waals surface area contributed by atoms with Crippen LogP contribution in [0, 0.1) is 6.92 Å². The van der Waals surface area contributed by atoms with Crippen LogP contribution >= 0.6 is 0 Å². The average Bonchev–Trinajstić information content (AvgIpc) is 3.16. The van der Waals surface area contributed by atoms with E-state index in [0.717, 1.165) is 16.7 Å². The van der Waals surface area contributed by atoms with Gasteiger partial charge in [0.1, 0.15) is 17.8 Å². The zero-order valence-electron chi connectivity index (χ0n) is 14.8. The van der Waals surface area contributed by atoms with Crippen molar-refractivity contribution in [2.75, 3.05) is 0 Å². The van der Waals surface area contributed by atoms with E-state index < -0.39 is 12.1 Å². The average molecular weight is 350 g/mol. The normalized spacial score (nSPS) is 13.2. The van der Waals surface area contributed by atoms with Crippen molar-refractivity contribution < 1.29 is 9.90 Å². The van der Waals surface area contributed by atoms with Crippen molar-refractivity contribution in [1.29, 1.82) is 0 Å². The molecule has 0 aliphatic carbocycles. The first-order valence-corrected chi connectivity index (χ1v) is 8.52. The summed E-state index contributed by atoms with van der Waals surface area (Å²) in [4.78, 5) is 12.3. The molecule has 26 heavy (non-hydrogen) atoms. The Morgan fingerprint density at radius 2 is 1.85 bits per heavy atom. The molecule has 2 aromatic carbocycles. The third-order valence-corrected chi connectivity index (χ3v) is 4.29. The van der Waals surface area contributed by atoms with Gasteiger partial charge in [-0.3, -0.25) is 4.79 Å². The van der Waals surface area contributed by atoms with E-state index in [0.29, 0.717) is 12.2 Å². The lowest BCUT2D eigenvalue weighted by atomic mass is 10.1. The Hall–Kier alpha value is -2.99. The van der Waals surface area contributed by atoms with E-state index in [9.17, 15) is 9.90 Å². The molecule has 0 saturated heterocycles. The quantitative estimate of drug-likeness (QED) is 0.716. The molecular weight excluding hydrogens is 328 g/mol. The fraction of sp³-hybridized carbons (Fsp3) is 0.250. The van der Waals surface area contributed by atoms with Gasteiger partial charge in [0.2, 0.25) is 5.91 Å². The Bertz CT molecular complexity index is 859. The molecule has 6 nitrogen and oxygen atoms in total.